The number of aliphatic imine (C=N–C) groups is 1. The second kappa shape index (κ2) is 9.68. The largest absolute Gasteiger partial charge is 0.497 e. The first kappa shape index (κ1) is 24.5. The van der Waals surface area contributed by atoms with Crippen LogP contribution in [0.25, 0.3) is 0 Å². The van der Waals surface area contributed by atoms with Crippen LogP contribution in [0.5, 0.6) is 17.2 Å². The lowest BCUT2D eigenvalue weighted by atomic mass is 10.1. The van der Waals surface area contributed by atoms with Crippen LogP contribution in [0, 0.1) is 6.92 Å². The molecule has 1 fully saturated rings. The molecule has 5 rings (SSSR count). The molecule has 1 saturated heterocycles. The number of amidine groups is 1. The van der Waals surface area contributed by atoms with Crippen molar-refractivity contribution < 1.29 is 27.4 Å². The highest BCUT2D eigenvalue weighted by molar-refractivity contribution is 6.04. The number of aryl methyl sites for hydroxylation is 1. The first-order chi connectivity index (χ1) is 17.7. The molecule has 0 aromatic heterocycles. The third-order valence-electron chi connectivity index (χ3n) is 6.30. The van der Waals surface area contributed by atoms with Gasteiger partial charge in [-0.25, -0.2) is 9.79 Å². The van der Waals surface area contributed by atoms with Gasteiger partial charge in [0.25, 0.3) is 0 Å². The Kier molecular flexibility index (Phi) is 6.41. The quantitative estimate of drug-likeness (QED) is 0.456. The summed E-state index contributed by atoms with van der Waals surface area (Å²) in [5.41, 5.74) is 1.80. The van der Waals surface area contributed by atoms with E-state index in [1.54, 1.807) is 12.0 Å². The number of rotatable bonds is 2. The number of benzene rings is 3. The van der Waals surface area contributed by atoms with E-state index in [0.717, 1.165) is 23.3 Å². The Balaban J connectivity index is 1.35. The van der Waals surface area contributed by atoms with Crippen molar-refractivity contribution in [1.82, 2.24) is 9.80 Å². The molecule has 0 bridgehead atoms. The van der Waals surface area contributed by atoms with Crippen molar-refractivity contribution in [3.63, 3.8) is 0 Å². The molecule has 0 saturated carbocycles. The van der Waals surface area contributed by atoms with Crippen molar-refractivity contribution >= 4 is 23.2 Å². The monoisotopic (exact) mass is 510 g/mol. The van der Waals surface area contributed by atoms with Crippen molar-refractivity contribution in [3.8, 4) is 17.2 Å². The fraction of sp³-hybridized carbons (Fsp3) is 0.259. The second-order valence-electron chi connectivity index (χ2n) is 8.85. The van der Waals surface area contributed by atoms with Crippen LogP contribution >= 0.6 is 0 Å². The number of piperazine rings is 1. The van der Waals surface area contributed by atoms with E-state index in [1.807, 2.05) is 43.3 Å². The predicted molar refractivity (Wildman–Crippen MR) is 134 cm³/mol. The van der Waals surface area contributed by atoms with Crippen LogP contribution in [0.15, 0.2) is 65.7 Å². The SMILES string of the molecule is COc1ccc2c(c1)C(N1CCN(C(=O)Nc3cccc(C(F)(F)F)c3)CC1)=Nc1ccc(C)cc1O2. The van der Waals surface area contributed by atoms with Gasteiger partial charge in [0.2, 0.25) is 0 Å². The van der Waals surface area contributed by atoms with Crippen molar-refractivity contribution in [3.05, 3.63) is 77.4 Å². The summed E-state index contributed by atoms with van der Waals surface area (Å²) in [6.07, 6.45) is -4.48. The standard InChI is InChI=1S/C27H25F3N4O3/c1-17-6-8-22-24(14-17)37-23-9-7-20(36-2)16-21(23)25(32-22)33-10-12-34(13-11-33)26(35)31-19-5-3-4-18(15-19)27(28,29)30/h3-9,14-16H,10-13H2,1-2H3,(H,31,35). The van der Waals surface area contributed by atoms with Gasteiger partial charge >= 0.3 is 12.2 Å². The average Bonchev–Trinajstić information content (AvgIpc) is 3.04. The van der Waals surface area contributed by atoms with E-state index in [2.05, 4.69) is 10.2 Å². The minimum atomic E-state index is -4.48. The molecule has 7 nitrogen and oxygen atoms in total. The van der Waals surface area contributed by atoms with E-state index in [9.17, 15) is 18.0 Å². The maximum Gasteiger partial charge on any atom is 0.416 e. The van der Waals surface area contributed by atoms with Gasteiger partial charge in [0, 0.05) is 31.9 Å². The van der Waals surface area contributed by atoms with E-state index in [1.165, 1.54) is 12.1 Å². The zero-order valence-corrected chi connectivity index (χ0v) is 20.3. The number of nitrogens with one attached hydrogen (secondary N) is 1. The third kappa shape index (κ3) is 5.18. The minimum Gasteiger partial charge on any atom is -0.497 e. The molecule has 37 heavy (non-hydrogen) atoms. The van der Waals surface area contributed by atoms with E-state index in [-0.39, 0.29) is 5.69 Å². The van der Waals surface area contributed by atoms with Gasteiger partial charge in [-0.3, -0.25) is 0 Å². The van der Waals surface area contributed by atoms with Crippen molar-refractivity contribution in [2.45, 2.75) is 13.1 Å². The maximum absolute atomic E-state index is 13.0. The molecular formula is C27H25F3N4O3. The number of hydrogen-bond donors (Lipinski definition) is 1. The first-order valence-electron chi connectivity index (χ1n) is 11.7. The summed E-state index contributed by atoms with van der Waals surface area (Å²) >= 11 is 0. The fourth-order valence-electron chi connectivity index (χ4n) is 4.33. The number of anilines is 1. The highest BCUT2D eigenvalue weighted by Crippen LogP contribution is 2.40. The Morgan fingerprint density at radius 2 is 1.78 bits per heavy atom. The third-order valence-corrected chi connectivity index (χ3v) is 6.30. The molecule has 2 amide bonds. The van der Waals surface area contributed by atoms with Crippen LogP contribution in [0.1, 0.15) is 16.7 Å². The number of ether oxygens (including phenoxy) is 2. The van der Waals surface area contributed by atoms with Crippen LogP contribution < -0.4 is 14.8 Å². The number of amides is 2. The molecular weight excluding hydrogens is 485 g/mol. The number of urea groups is 1. The van der Waals surface area contributed by atoms with Gasteiger partial charge in [-0.05, 0) is 61.0 Å². The van der Waals surface area contributed by atoms with Crippen LogP contribution in [0.3, 0.4) is 0 Å². The number of carbonyl (C=O) groups is 1. The molecule has 2 aliphatic heterocycles. The zero-order chi connectivity index (χ0) is 26.2. The molecule has 10 heteroatoms. The Bertz CT molecular complexity index is 1370. The molecule has 3 aromatic carbocycles. The molecule has 192 valence electrons. The van der Waals surface area contributed by atoms with Crippen LogP contribution in [0.2, 0.25) is 0 Å². The van der Waals surface area contributed by atoms with E-state index in [0.29, 0.717) is 55.0 Å². The van der Waals surface area contributed by atoms with Crippen molar-refractivity contribution in [1.29, 1.82) is 0 Å². The van der Waals surface area contributed by atoms with Gasteiger partial charge in [-0.15, -0.1) is 0 Å². The molecule has 0 aliphatic carbocycles. The number of nitrogens with zero attached hydrogens (tertiary/aromatic N) is 3. The summed E-state index contributed by atoms with van der Waals surface area (Å²) in [6.45, 7) is 3.67. The summed E-state index contributed by atoms with van der Waals surface area (Å²) in [4.78, 5) is 21.4. The fourth-order valence-corrected chi connectivity index (χ4v) is 4.33. The van der Waals surface area contributed by atoms with Crippen LogP contribution in [0.4, 0.5) is 29.3 Å². The number of halogens is 3. The van der Waals surface area contributed by atoms with Crippen molar-refractivity contribution in [2.75, 3.05) is 38.6 Å². The Hall–Kier alpha value is -4.21. The Morgan fingerprint density at radius 3 is 2.51 bits per heavy atom. The summed E-state index contributed by atoms with van der Waals surface area (Å²) in [5, 5.41) is 2.58. The molecule has 2 aliphatic rings. The van der Waals surface area contributed by atoms with Gasteiger partial charge in [0.15, 0.2) is 5.75 Å². The van der Waals surface area contributed by atoms with Gasteiger partial charge in [0.05, 0.1) is 18.2 Å². The predicted octanol–water partition coefficient (Wildman–Crippen LogP) is 6.06. The summed E-state index contributed by atoms with van der Waals surface area (Å²) in [6, 6.07) is 15.5. The second-order valence-corrected chi connectivity index (χ2v) is 8.85. The van der Waals surface area contributed by atoms with E-state index in [4.69, 9.17) is 14.5 Å². The van der Waals surface area contributed by atoms with E-state index >= 15 is 0 Å². The van der Waals surface area contributed by atoms with Crippen molar-refractivity contribution in [2.24, 2.45) is 4.99 Å². The lowest BCUT2D eigenvalue weighted by molar-refractivity contribution is -0.137. The molecule has 1 N–H and O–H groups in total. The summed E-state index contributed by atoms with van der Waals surface area (Å²) < 4.78 is 50.7. The highest BCUT2D eigenvalue weighted by atomic mass is 19.4. The zero-order valence-electron chi connectivity index (χ0n) is 20.3. The van der Waals surface area contributed by atoms with Crippen LogP contribution in [-0.4, -0.2) is 55.0 Å². The first-order valence-corrected chi connectivity index (χ1v) is 11.7. The normalized spacial score (nSPS) is 15.1. The number of alkyl halides is 3. The summed E-state index contributed by atoms with van der Waals surface area (Å²) in [5.74, 6) is 2.67. The van der Waals surface area contributed by atoms with Gasteiger partial charge in [-0.1, -0.05) is 12.1 Å². The van der Waals surface area contributed by atoms with Gasteiger partial charge in [0.1, 0.15) is 23.0 Å². The molecule has 2 heterocycles. The molecule has 0 radical (unpaired) electrons. The number of carbonyl (C=O) groups excluding carboxylic acids is 1. The Morgan fingerprint density at radius 1 is 1.00 bits per heavy atom. The lowest BCUT2D eigenvalue weighted by Crippen LogP contribution is -2.51. The Labute approximate surface area is 212 Å². The number of methoxy groups -OCH3 is 1. The lowest BCUT2D eigenvalue weighted by Gasteiger charge is -2.36. The van der Waals surface area contributed by atoms with Gasteiger partial charge < -0.3 is 24.6 Å². The van der Waals surface area contributed by atoms with Crippen LogP contribution in [-0.2, 0) is 6.18 Å². The number of fused-ring (bicyclic) bond motifs is 2. The smallest absolute Gasteiger partial charge is 0.416 e. The average molecular weight is 511 g/mol. The molecule has 0 atom stereocenters. The van der Waals surface area contributed by atoms with Gasteiger partial charge in [-0.2, -0.15) is 13.2 Å². The minimum absolute atomic E-state index is 0.0977. The summed E-state index contributed by atoms with van der Waals surface area (Å²) in [7, 11) is 1.59. The molecule has 0 unspecified atom stereocenters. The van der Waals surface area contributed by atoms with E-state index < -0.39 is 17.8 Å². The maximum atomic E-state index is 13.0. The number of hydrogen-bond acceptors (Lipinski definition) is 5. The topological polar surface area (TPSA) is 66.4 Å². The molecule has 3 aromatic rings. The molecule has 0 spiro atoms. The highest BCUT2D eigenvalue weighted by Gasteiger charge is 2.31.